The van der Waals surface area contributed by atoms with Crippen LogP contribution < -0.4 is 11.1 Å². The number of aromatic nitrogens is 4. The predicted molar refractivity (Wildman–Crippen MR) is 65.5 cm³/mol. The van der Waals surface area contributed by atoms with E-state index in [-0.39, 0.29) is 11.6 Å². The number of carbonyl (C=O) groups is 1. The number of rotatable bonds is 4. The summed E-state index contributed by atoms with van der Waals surface area (Å²) in [6.07, 6.45) is 3.15. The maximum Gasteiger partial charge on any atom is 0.272 e. The molecule has 2 heterocycles. The van der Waals surface area contributed by atoms with Crippen molar-refractivity contribution in [2.45, 2.75) is 20.0 Å². The topological polar surface area (TPSA) is 98.7 Å². The molecule has 0 radical (unpaired) electrons. The fraction of sp³-hybridized carbons (Fsp3) is 0.273. The number of pyridine rings is 1. The number of nitrogens with one attached hydrogen (secondary N) is 1. The Hall–Kier alpha value is -2.44. The highest BCUT2D eigenvalue weighted by Gasteiger charge is 2.11. The molecule has 0 aliphatic carbocycles. The van der Waals surface area contributed by atoms with Crippen LogP contribution in [-0.4, -0.2) is 25.7 Å². The molecule has 0 unspecified atom stereocenters. The van der Waals surface area contributed by atoms with Gasteiger partial charge in [0.25, 0.3) is 5.91 Å². The highest BCUT2D eigenvalue weighted by molar-refractivity contribution is 5.96. The Morgan fingerprint density at radius 2 is 2.39 bits per heavy atom. The molecule has 0 saturated carbocycles. The molecule has 0 atom stereocenters. The van der Waals surface area contributed by atoms with Gasteiger partial charge in [-0.2, -0.15) is 0 Å². The zero-order valence-corrected chi connectivity index (χ0v) is 10.00. The van der Waals surface area contributed by atoms with Gasteiger partial charge in [0.15, 0.2) is 11.5 Å². The van der Waals surface area contributed by atoms with Crippen LogP contribution in [0.15, 0.2) is 24.7 Å². The third kappa shape index (κ3) is 2.45. The fourth-order valence-corrected chi connectivity index (χ4v) is 1.53. The van der Waals surface area contributed by atoms with E-state index in [1.54, 1.807) is 18.5 Å². The normalized spacial score (nSPS) is 10.3. The van der Waals surface area contributed by atoms with Gasteiger partial charge in [-0.1, -0.05) is 0 Å². The zero-order valence-electron chi connectivity index (χ0n) is 10.00. The van der Waals surface area contributed by atoms with Crippen molar-refractivity contribution in [2.75, 3.05) is 5.73 Å². The molecule has 94 valence electrons. The average molecular weight is 246 g/mol. The maximum absolute atomic E-state index is 11.8. The molecule has 7 heteroatoms. The lowest BCUT2D eigenvalue weighted by atomic mass is 10.3. The number of nitrogens with two attached hydrogens (primary N) is 1. The summed E-state index contributed by atoms with van der Waals surface area (Å²) >= 11 is 0. The number of carbonyl (C=O) groups excluding carboxylic acids is 1. The van der Waals surface area contributed by atoms with Crippen molar-refractivity contribution >= 4 is 11.6 Å². The average Bonchev–Trinajstić information content (AvgIpc) is 2.84. The lowest BCUT2D eigenvalue weighted by molar-refractivity contribution is 0.0945. The fourth-order valence-electron chi connectivity index (χ4n) is 1.53. The van der Waals surface area contributed by atoms with Crippen molar-refractivity contribution < 1.29 is 4.79 Å². The predicted octanol–water partition coefficient (Wildman–Crippen LogP) is 0.205. The van der Waals surface area contributed by atoms with E-state index in [4.69, 9.17) is 5.73 Å². The van der Waals surface area contributed by atoms with Gasteiger partial charge in [0.2, 0.25) is 0 Å². The van der Waals surface area contributed by atoms with Gasteiger partial charge >= 0.3 is 0 Å². The van der Waals surface area contributed by atoms with E-state index in [2.05, 4.69) is 20.5 Å². The Kier molecular flexibility index (Phi) is 3.52. The van der Waals surface area contributed by atoms with Crippen LogP contribution in [-0.2, 0) is 13.1 Å². The molecular formula is C11H14N6O. The van der Waals surface area contributed by atoms with E-state index in [1.807, 2.05) is 11.5 Å². The highest BCUT2D eigenvalue weighted by atomic mass is 16.1. The van der Waals surface area contributed by atoms with E-state index >= 15 is 0 Å². The molecule has 3 N–H and O–H groups in total. The molecule has 0 aromatic carbocycles. The molecule has 0 saturated heterocycles. The van der Waals surface area contributed by atoms with Gasteiger partial charge in [-0.3, -0.25) is 4.79 Å². The number of amides is 1. The second kappa shape index (κ2) is 5.26. The van der Waals surface area contributed by atoms with Gasteiger partial charge in [-0.05, 0) is 19.1 Å². The van der Waals surface area contributed by atoms with Gasteiger partial charge in [-0.25, -0.2) is 4.98 Å². The second-order valence-corrected chi connectivity index (χ2v) is 3.66. The molecule has 1 amide bonds. The van der Waals surface area contributed by atoms with Crippen molar-refractivity contribution in [3.8, 4) is 0 Å². The Morgan fingerprint density at radius 3 is 3.11 bits per heavy atom. The summed E-state index contributed by atoms with van der Waals surface area (Å²) in [5.41, 5.74) is 6.25. The number of hydrogen-bond donors (Lipinski definition) is 2. The minimum Gasteiger partial charge on any atom is -0.397 e. The third-order valence-corrected chi connectivity index (χ3v) is 2.50. The summed E-state index contributed by atoms with van der Waals surface area (Å²) in [7, 11) is 0. The first-order valence-corrected chi connectivity index (χ1v) is 5.57. The molecule has 0 aliphatic heterocycles. The minimum absolute atomic E-state index is 0.222. The molecule has 7 nitrogen and oxygen atoms in total. The van der Waals surface area contributed by atoms with Crippen molar-refractivity contribution in [1.29, 1.82) is 0 Å². The van der Waals surface area contributed by atoms with Crippen LogP contribution in [0.4, 0.5) is 5.69 Å². The third-order valence-electron chi connectivity index (χ3n) is 2.50. The lowest BCUT2D eigenvalue weighted by Gasteiger charge is -2.06. The molecule has 0 aliphatic rings. The standard InChI is InChI=1S/C11H14N6O/c1-2-17-7-15-16-9(17)6-14-11(18)10-8(12)4-3-5-13-10/h3-5,7H,2,6,12H2,1H3,(H,14,18). The van der Waals surface area contributed by atoms with Crippen LogP contribution in [0.5, 0.6) is 0 Å². The van der Waals surface area contributed by atoms with Gasteiger partial charge < -0.3 is 15.6 Å². The summed E-state index contributed by atoms with van der Waals surface area (Å²) < 4.78 is 1.85. The molecule has 2 rings (SSSR count). The van der Waals surface area contributed by atoms with E-state index in [0.29, 0.717) is 18.1 Å². The highest BCUT2D eigenvalue weighted by Crippen LogP contribution is 2.06. The minimum atomic E-state index is -0.321. The molecule has 18 heavy (non-hydrogen) atoms. The molecule has 2 aromatic heterocycles. The van der Waals surface area contributed by atoms with Crippen molar-refractivity contribution in [2.24, 2.45) is 0 Å². The van der Waals surface area contributed by atoms with E-state index in [0.717, 1.165) is 6.54 Å². The second-order valence-electron chi connectivity index (χ2n) is 3.66. The first kappa shape index (κ1) is 12.0. The van der Waals surface area contributed by atoms with Crippen LogP contribution in [0.1, 0.15) is 23.2 Å². The van der Waals surface area contributed by atoms with Crippen LogP contribution in [0.2, 0.25) is 0 Å². The Morgan fingerprint density at radius 1 is 1.56 bits per heavy atom. The van der Waals surface area contributed by atoms with Crippen LogP contribution in [0, 0.1) is 0 Å². The van der Waals surface area contributed by atoms with Gasteiger partial charge in [0.05, 0.1) is 12.2 Å². The summed E-state index contributed by atoms with van der Waals surface area (Å²) in [5, 5.41) is 10.4. The summed E-state index contributed by atoms with van der Waals surface area (Å²) in [6, 6.07) is 3.32. The van der Waals surface area contributed by atoms with Crippen LogP contribution >= 0.6 is 0 Å². The molecule has 0 bridgehead atoms. The summed E-state index contributed by atoms with van der Waals surface area (Å²) in [5.74, 6) is 0.374. The lowest BCUT2D eigenvalue weighted by Crippen LogP contribution is -2.26. The quantitative estimate of drug-likeness (QED) is 0.803. The molecule has 0 spiro atoms. The number of anilines is 1. The van der Waals surface area contributed by atoms with E-state index in [1.165, 1.54) is 6.20 Å². The van der Waals surface area contributed by atoms with Crippen LogP contribution in [0.3, 0.4) is 0 Å². The largest absolute Gasteiger partial charge is 0.397 e. The number of aryl methyl sites for hydroxylation is 1. The van der Waals surface area contributed by atoms with Crippen molar-refractivity contribution in [1.82, 2.24) is 25.1 Å². The smallest absolute Gasteiger partial charge is 0.272 e. The summed E-state index contributed by atoms with van der Waals surface area (Å²) in [6.45, 7) is 3.03. The van der Waals surface area contributed by atoms with Gasteiger partial charge in [0, 0.05) is 12.7 Å². The molecule has 0 fully saturated rings. The number of nitrogens with zero attached hydrogens (tertiary/aromatic N) is 4. The first-order valence-electron chi connectivity index (χ1n) is 5.57. The van der Waals surface area contributed by atoms with Crippen LogP contribution in [0.25, 0.3) is 0 Å². The first-order chi connectivity index (χ1) is 8.72. The Balaban J connectivity index is 2.03. The van der Waals surface area contributed by atoms with Gasteiger partial charge in [-0.15, -0.1) is 10.2 Å². The number of nitrogen functional groups attached to an aromatic ring is 1. The van der Waals surface area contributed by atoms with E-state index < -0.39 is 0 Å². The van der Waals surface area contributed by atoms with Crippen molar-refractivity contribution in [3.05, 3.63) is 36.2 Å². The Bertz CT molecular complexity index is 550. The zero-order chi connectivity index (χ0) is 13.0. The maximum atomic E-state index is 11.8. The van der Waals surface area contributed by atoms with Gasteiger partial charge in [0.1, 0.15) is 6.33 Å². The molecule has 2 aromatic rings. The Labute approximate surface area is 104 Å². The molecular weight excluding hydrogens is 232 g/mol. The van der Waals surface area contributed by atoms with Crippen molar-refractivity contribution in [3.63, 3.8) is 0 Å². The summed E-state index contributed by atoms with van der Waals surface area (Å²) in [4.78, 5) is 15.8. The SMILES string of the molecule is CCn1cnnc1CNC(=O)c1ncccc1N. The number of hydrogen-bond acceptors (Lipinski definition) is 5. The monoisotopic (exact) mass is 246 g/mol. The van der Waals surface area contributed by atoms with E-state index in [9.17, 15) is 4.79 Å².